The van der Waals surface area contributed by atoms with E-state index in [1.165, 1.54) is 0 Å². The summed E-state index contributed by atoms with van der Waals surface area (Å²) in [5.41, 5.74) is 1.11. The molecule has 1 aromatic heterocycles. The van der Waals surface area contributed by atoms with E-state index in [0.717, 1.165) is 56.3 Å². The van der Waals surface area contributed by atoms with Gasteiger partial charge in [-0.05, 0) is 32.9 Å². The predicted molar refractivity (Wildman–Crippen MR) is 70.4 cm³/mol. The van der Waals surface area contributed by atoms with Crippen LogP contribution < -0.4 is 10.6 Å². The molecule has 5 heteroatoms. The first-order chi connectivity index (χ1) is 8.34. The number of thiazole rings is 1. The molecular weight excluding hydrogens is 234 g/mol. The Morgan fingerprint density at radius 1 is 1.53 bits per heavy atom. The third kappa shape index (κ3) is 4.71. The summed E-state index contributed by atoms with van der Waals surface area (Å²) in [6.07, 6.45) is 2.75. The summed E-state index contributed by atoms with van der Waals surface area (Å²) < 4.78 is 5.81. The number of rotatable bonds is 6. The average Bonchev–Trinajstić information content (AvgIpc) is 2.76. The first kappa shape index (κ1) is 13.0. The highest BCUT2D eigenvalue weighted by atomic mass is 32.1. The Morgan fingerprint density at radius 2 is 2.35 bits per heavy atom. The fourth-order valence-corrected chi connectivity index (χ4v) is 2.68. The zero-order valence-corrected chi connectivity index (χ0v) is 11.2. The van der Waals surface area contributed by atoms with E-state index >= 15 is 0 Å². The summed E-state index contributed by atoms with van der Waals surface area (Å²) in [4.78, 5) is 4.41. The van der Waals surface area contributed by atoms with Gasteiger partial charge < -0.3 is 15.4 Å². The van der Waals surface area contributed by atoms with Crippen molar-refractivity contribution in [3.63, 3.8) is 0 Å². The molecule has 0 unspecified atom stereocenters. The molecule has 1 aliphatic heterocycles. The average molecular weight is 255 g/mol. The second-order valence-electron chi connectivity index (χ2n) is 4.38. The van der Waals surface area contributed by atoms with E-state index in [1.807, 2.05) is 6.92 Å². The van der Waals surface area contributed by atoms with Crippen molar-refractivity contribution in [1.29, 1.82) is 0 Å². The fraction of sp³-hybridized carbons (Fsp3) is 0.750. The number of hydrogen-bond acceptors (Lipinski definition) is 5. The Balaban J connectivity index is 1.51. The number of nitrogens with zero attached hydrogens (tertiary/aromatic N) is 1. The lowest BCUT2D eigenvalue weighted by Crippen LogP contribution is -2.33. The maximum atomic E-state index is 5.81. The van der Waals surface area contributed by atoms with Gasteiger partial charge in [0.1, 0.15) is 5.01 Å². The number of hydrogen-bond donors (Lipinski definition) is 2. The van der Waals surface area contributed by atoms with Crippen LogP contribution in [0.15, 0.2) is 5.38 Å². The van der Waals surface area contributed by atoms with Gasteiger partial charge in [-0.1, -0.05) is 0 Å². The van der Waals surface area contributed by atoms with Crippen molar-refractivity contribution < 1.29 is 4.74 Å². The number of aromatic nitrogens is 1. The predicted octanol–water partition coefficient (Wildman–Crippen LogP) is 1.31. The maximum absolute atomic E-state index is 5.81. The summed E-state index contributed by atoms with van der Waals surface area (Å²) in [7, 11) is 0. The lowest BCUT2D eigenvalue weighted by molar-refractivity contribution is 0.0347. The lowest BCUT2D eigenvalue weighted by Gasteiger charge is -2.22. The molecule has 0 amide bonds. The molecule has 0 aliphatic carbocycles. The van der Waals surface area contributed by atoms with Gasteiger partial charge in [-0.25, -0.2) is 4.98 Å². The van der Waals surface area contributed by atoms with Crippen LogP contribution in [0, 0.1) is 6.92 Å². The van der Waals surface area contributed by atoms with Crippen LogP contribution in [-0.2, 0) is 11.3 Å². The van der Waals surface area contributed by atoms with Crippen molar-refractivity contribution in [2.75, 3.05) is 26.2 Å². The largest absolute Gasteiger partial charge is 0.377 e. The van der Waals surface area contributed by atoms with Crippen LogP contribution in [-0.4, -0.2) is 37.3 Å². The summed E-state index contributed by atoms with van der Waals surface area (Å²) >= 11 is 1.71. The van der Waals surface area contributed by atoms with Crippen molar-refractivity contribution >= 4 is 11.3 Å². The molecule has 1 fully saturated rings. The number of aryl methyl sites for hydroxylation is 1. The SMILES string of the molecule is Cc1csc(CNCCOC2CCNCC2)n1. The number of nitrogens with one attached hydrogen (secondary N) is 2. The maximum Gasteiger partial charge on any atom is 0.107 e. The van der Waals surface area contributed by atoms with Gasteiger partial charge in [-0.2, -0.15) is 0 Å². The third-order valence-corrected chi connectivity index (χ3v) is 3.83. The van der Waals surface area contributed by atoms with Crippen molar-refractivity contribution in [2.24, 2.45) is 0 Å². The van der Waals surface area contributed by atoms with Crippen LogP contribution in [0.25, 0.3) is 0 Å². The molecule has 1 saturated heterocycles. The zero-order valence-electron chi connectivity index (χ0n) is 10.4. The standard InChI is InChI=1S/C12H21N3OS/c1-10-9-17-12(15-10)8-14-6-7-16-11-2-4-13-5-3-11/h9,11,13-14H,2-8H2,1H3. The molecule has 17 heavy (non-hydrogen) atoms. The molecule has 0 aromatic carbocycles. The van der Waals surface area contributed by atoms with Gasteiger partial charge in [-0.15, -0.1) is 11.3 Å². The van der Waals surface area contributed by atoms with Gasteiger partial charge in [0.2, 0.25) is 0 Å². The van der Waals surface area contributed by atoms with Crippen molar-refractivity contribution in [3.05, 3.63) is 16.1 Å². The van der Waals surface area contributed by atoms with Crippen LogP contribution >= 0.6 is 11.3 Å². The smallest absolute Gasteiger partial charge is 0.107 e. The molecule has 4 nitrogen and oxygen atoms in total. The highest BCUT2D eigenvalue weighted by molar-refractivity contribution is 7.09. The Hall–Kier alpha value is -0.490. The Morgan fingerprint density at radius 3 is 3.06 bits per heavy atom. The molecular formula is C12H21N3OS. The van der Waals surface area contributed by atoms with E-state index in [9.17, 15) is 0 Å². The van der Waals surface area contributed by atoms with Crippen molar-refractivity contribution in [3.8, 4) is 0 Å². The first-order valence-electron chi connectivity index (χ1n) is 6.28. The quantitative estimate of drug-likeness (QED) is 0.752. The second-order valence-corrected chi connectivity index (χ2v) is 5.32. The monoisotopic (exact) mass is 255 g/mol. The molecule has 0 bridgehead atoms. The van der Waals surface area contributed by atoms with Crippen molar-refractivity contribution in [1.82, 2.24) is 15.6 Å². The van der Waals surface area contributed by atoms with E-state index < -0.39 is 0 Å². The van der Waals surface area contributed by atoms with Crippen LogP contribution in [0.3, 0.4) is 0 Å². The van der Waals surface area contributed by atoms with Crippen LogP contribution in [0.4, 0.5) is 0 Å². The first-order valence-corrected chi connectivity index (χ1v) is 7.16. The molecule has 0 atom stereocenters. The van der Waals surface area contributed by atoms with Gasteiger partial charge in [0.25, 0.3) is 0 Å². The summed E-state index contributed by atoms with van der Waals surface area (Å²) in [5, 5.41) is 9.94. The highest BCUT2D eigenvalue weighted by Crippen LogP contribution is 2.08. The van der Waals surface area contributed by atoms with Gasteiger partial charge in [-0.3, -0.25) is 0 Å². The van der Waals surface area contributed by atoms with Gasteiger partial charge >= 0.3 is 0 Å². The molecule has 2 N–H and O–H groups in total. The molecule has 1 aliphatic rings. The second kappa shape index (κ2) is 7.06. The third-order valence-electron chi connectivity index (χ3n) is 2.86. The lowest BCUT2D eigenvalue weighted by atomic mass is 10.1. The van der Waals surface area contributed by atoms with Crippen LogP contribution in [0.1, 0.15) is 23.5 Å². The summed E-state index contributed by atoms with van der Waals surface area (Å²) in [6, 6.07) is 0. The minimum Gasteiger partial charge on any atom is -0.377 e. The van der Waals surface area contributed by atoms with Crippen LogP contribution in [0.5, 0.6) is 0 Å². The molecule has 1 aromatic rings. The fourth-order valence-electron chi connectivity index (χ4n) is 1.94. The van der Waals surface area contributed by atoms with Crippen molar-refractivity contribution in [2.45, 2.75) is 32.4 Å². The summed E-state index contributed by atoms with van der Waals surface area (Å²) in [5.74, 6) is 0. The molecule has 0 radical (unpaired) electrons. The van der Waals surface area contributed by atoms with E-state index in [-0.39, 0.29) is 0 Å². The van der Waals surface area contributed by atoms with Gasteiger partial charge in [0.15, 0.2) is 0 Å². The van der Waals surface area contributed by atoms with E-state index in [4.69, 9.17) is 4.74 Å². The topological polar surface area (TPSA) is 46.2 Å². The van der Waals surface area contributed by atoms with E-state index in [2.05, 4.69) is 21.0 Å². The van der Waals surface area contributed by atoms with Gasteiger partial charge in [0, 0.05) is 24.2 Å². The molecule has 2 heterocycles. The Labute approximate surface area is 107 Å². The number of piperidine rings is 1. The summed E-state index contributed by atoms with van der Waals surface area (Å²) in [6.45, 7) is 6.78. The van der Waals surface area contributed by atoms with Crippen LogP contribution in [0.2, 0.25) is 0 Å². The van der Waals surface area contributed by atoms with E-state index in [0.29, 0.717) is 6.10 Å². The number of ether oxygens (including phenoxy) is 1. The van der Waals surface area contributed by atoms with E-state index in [1.54, 1.807) is 11.3 Å². The van der Waals surface area contributed by atoms with Gasteiger partial charge in [0.05, 0.1) is 12.7 Å². The molecule has 0 saturated carbocycles. The Kier molecular flexibility index (Phi) is 5.38. The molecule has 0 spiro atoms. The highest BCUT2D eigenvalue weighted by Gasteiger charge is 2.12. The Bertz CT molecular complexity index is 323. The molecule has 2 rings (SSSR count). The minimum absolute atomic E-state index is 0.458. The normalized spacial score (nSPS) is 17.5. The zero-order chi connectivity index (χ0) is 11.9. The molecule has 96 valence electrons. The minimum atomic E-state index is 0.458.